The van der Waals surface area contributed by atoms with Crippen LogP contribution in [0.2, 0.25) is 5.02 Å². The first-order valence-electron chi connectivity index (χ1n) is 8.33. The molecule has 2 aliphatic rings. The van der Waals surface area contributed by atoms with Crippen molar-refractivity contribution in [2.75, 3.05) is 6.54 Å². The summed E-state index contributed by atoms with van der Waals surface area (Å²) < 4.78 is 13.3. The van der Waals surface area contributed by atoms with Crippen molar-refractivity contribution in [3.05, 3.63) is 34.6 Å². The molecule has 4 atom stereocenters. The normalized spacial score (nSPS) is 29.0. The second-order valence-corrected chi connectivity index (χ2v) is 7.29. The standard InChI is InChI=1S/C18H25ClFN/c1-2-21-16(9-13-4-6-18(20)17(19)10-13)11-15-8-12-3-5-14(15)7-12/h4,6,10,12,14-16,21H,2-3,5,7-9,11H2,1H3. The van der Waals surface area contributed by atoms with E-state index in [1.54, 1.807) is 6.07 Å². The number of halogens is 2. The summed E-state index contributed by atoms with van der Waals surface area (Å²) in [4.78, 5) is 0. The Hall–Kier alpha value is -0.600. The van der Waals surface area contributed by atoms with Gasteiger partial charge < -0.3 is 5.32 Å². The maximum Gasteiger partial charge on any atom is 0.141 e. The Morgan fingerprint density at radius 2 is 2.19 bits per heavy atom. The van der Waals surface area contributed by atoms with Crippen molar-refractivity contribution < 1.29 is 4.39 Å². The Morgan fingerprint density at radius 1 is 1.33 bits per heavy atom. The zero-order valence-corrected chi connectivity index (χ0v) is 13.5. The Bertz CT molecular complexity index is 490. The van der Waals surface area contributed by atoms with Gasteiger partial charge in [-0.3, -0.25) is 0 Å². The molecule has 0 heterocycles. The van der Waals surface area contributed by atoms with Crippen LogP contribution in [-0.4, -0.2) is 12.6 Å². The van der Waals surface area contributed by atoms with E-state index in [0.29, 0.717) is 6.04 Å². The molecular weight excluding hydrogens is 285 g/mol. The van der Waals surface area contributed by atoms with E-state index >= 15 is 0 Å². The van der Waals surface area contributed by atoms with Crippen molar-refractivity contribution in [1.29, 1.82) is 0 Å². The molecule has 0 spiro atoms. The second-order valence-electron chi connectivity index (χ2n) is 6.88. The predicted molar refractivity (Wildman–Crippen MR) is 86.1 cm³/mol. The van der Waals surface area contributed by atoms with E-state index in [4.69, 9.17) is 11.6 Å². The van der Waals surface area contributed by atoms with Gasteiger partial charge in [0.2, 0.25) is 0 Å². The molecule has 1 aromatic rings. The SMILES string of the molecule is CCNC(Cc1ccc(F)c(Cl)c1)CC1CC2CCC1C2. The summed E-state index contributed by atoms with van der Waals surface area (Å²) in [5.41, 5.74) is 1.13. The highest BCUT2D eigenvalue weighted by Gasteiger charge is 2.39. The highest BCUT2D eigenvalue weighted by atomic mass is 35.5. The molecule has 116 valence electrons. The van der Waals surface area contributed by atoms with Gasteiger partial charge in [0.15, 0.2) is 0 Å². The van der Waals surface area contributed by atoms with Crippen molar-refractivity contribution in [2.45, 2.75) is 51.5 Å². The fraction of sp³-hybridized carbons (Fsp3) is 0.667. The van der Waals surface area contributed by atoms with Crippen LogP contribution in [0.4, 0.5) is 4.39 Å². The van der Waals surface area contributed by atoms with Gasteiger partial charge in [-0.1, -0.05) is 31.0 Å². The lowest BCUT2D eigenvalue weighted by Crippen LogP contribution is -2.34. The molecule has 0 aromatic heterocycles. The summed E-state index contributed by atoms with van der Waals surface area (Å²) >= 11 is 5.90. The number of nitrogens with one attached hydrogen (secondary N) is 1. The van der Waals surface area contributed by atoms with E-state index in [2.05, 4.69) is 12.2 Å². The van der Waals surface area contributed by atoms with E-state index in [9.17, 15) is 4.39 Å². The van der Waals surface area contributed by atoms with Crippen LogP contribution in [0.25, 0.3) is 0 Å². The summed E-state index contributed by atoms with van der Waals surface area (Å²) in [5.74, 6) is 2.53. The van der Waals surface area contributed by atoms with Gasteiger partial charge in [-0.2, -0.15) is 0 Å². The molecule has 2 saturated carbocycles. The van der Waals surface area contributed by atoms with Crippen molar-refractivity contribution in [3.63, 3.8) is 0 Å². The summed E-state index contributed by atoms with van der Waals surface area (Å²) in [5, 5.41) is 3.85. The van der Waals surface area contributed by atoms with Gasteiger partial charge in [0.05, 0.1) is 5.02 Å². The highest BCUT2D eigenvalue weighted by molar-refractivity contribution is 6.30. The third kappa shape index (κ3) is 3.60. The zero-order chi connectivity index (χ0) is 14.8. The zero-order valence-electron chi connectivity index (χ0n) is 12.7. The van der Waals surface area contributed by atoms with Gasteiger partial charge in [-0.25, -0.2) is 4.39 Å². The van der Waals surface area contributed by atoms with Crippen LogP contribution in [0, 0.1) is 23.6 Å². The van der Waals surface area contributed by atoms with Gasteiger partial charge >= 0.3 is 0 Å². The first kappa shape index (κ1) is 15.3. The first-order chi connectivity index (χ1) is 10.2. The number of fused-ring (bicyclic) bond motifs is 2. The molecule has 1 nitrogen and oxygen atoms in total. The van der Waals surface area contributed by atoms with Crippen LogP contribution in [0.3, 0.4) is 0 Å². The molecule has 0 amide bonds. The Balaban J connectivity index is 1.62. The highest BCUT2D eigenvalue weighted by Crippen LogP contribution is 2.50. The fourth-order valence-electron chi connectivity index (χ4n) is 4.51. The summed E-state index contributed by atoms with van der Waals surface area (Å²) in [7, 11) is 0. The molecule has 0 radical (unpaired) electrons. The van der Waals surface area contributed by atoms with E-state index in [-0.39, 0.29) is 10.8 Å². The second kappa shape index (κ2) is 6.66. The lowest BCUT2D eigenvalue weighted by molar-refractivity contribution is 0.278. The van der Waals surface area contributed by atoms with E-state index in [1.165, 1.54) is 38.2 Å². The quantitative estimate of drug-likeness (QED) is 0.794. The van der Waals surface area contributed by atoms with Crippen LogP contribution in [0.1, 0.15) is 44.6 Å². The van der Waals surface area contributed by atoms with Crippen molar-refractivity contribution in [3.8, 4) is 0 Å². The molecule has 0 aliphatic heterocycles. The number of hydrogen-bond donors (Lipinski definition) is 1. The molecule has 21 heavy (non-hydrogen) atoms. The summed E-state index contributed by atoms with van der Waals surface area (Å²) in [6.45, 7) is 3.14. The molecule has 3 heteroatoms. The van der Waals surface area contributed by atoms with Gasteiger partial charge in [0.1, 0.15) is 5.82 Å². The van der Waals surface area contributed by atoms with Crippen LogP contribution < -0.4 is 5.32 Å². The number of hydrogen-bond acceptors (Lipinski definition) is 1. The minimum Gasteiger partial charge on any atom is -0.314 e. The molecule has 0 saturated heterocycles. The van der Waals surface area contributed by atoms with Gasteiger partial charge in [-0.15, -0.1) is 0 Å². The molecular formula is C18H25ClFN. The van der Waals surface area contributed by atoms with Crippen LogP contribution in [0.15, 0.2) is 18.2 Å². The number of rotatable bonds is 6. The fourth-order valence-corrected chi connectivity index (χ4v) is 4.71. The van der Waals surface area contributed by atoms with Gasteiger partial charge in [0, 0.05) is 6.04 Å². The lowest BCUT2D eigenvalue weighted by atomic mass is 9.83. The van der Waals surface area contributed by atoms with E-state index < -0.39 is 0 Å². The number of benzene rings is 1. The molecule has 4 unspecified atom stereocenters. The van der Waals surface area contributed by atoms with Crippen LogP contribution in [0.5, 0.6) is 0 Å². The first-order valence-corrected chi connectivity index (χ1v) is 8.70. The molecule has 1 aromatic carbocycles. The minimum atomic E-state index is -0.325. The third-order valence-electron chi connectivity index (χ3n) is 5.43. The molecule has 3 rings (SSSR count). The predicted octanol–water partition coefficient (Wildman–Crippen LogP) is 4.83. The monoisotopic (exact) mass is 309 g/mol. The van der Waals surface area contributed by atoms with E-state index in [0.717, 1.165) is 36.3 Å². The van der Waals surface area contributed by atoms with E-state index in [1.807, 2.05) is 6.07 Å². The van der Waals surface area contributed by atoms with Crippen molar-refractivity contribution >= 4 is 11.6 Å². The van der Waals surface area contributed by atoms with Crippen molar-refractivity contribution in [1.82, 2.24) is 5.32 Å². The summed E-state index contributed by atoms with van der Waals surface area (Å²) in [6, 6.07) is 5.62. The molecule has 1 N–H and O–H groups in total. The van der Waals surface area contributed by atoms with Crippen molar-refractivity contribution in [2.24, 2.45) is 17.8 Å². The van der Waals surface area contributed by atoms with Gasteiger partial charge in [-0.05, 0) is 74.1 Å². The largest absolute Gasteiger partial charge is 0.314 e. The number of likely N-dealkylation sites (N-methyl/N-ethyl adjacent to an activating group) is 1. The van der Waals surface area contributed by atoms with Crippen LogP contribution in [-0.2, 0) is 6.42 Å². The summed E-state index contributed by atoms with van der Waals surface area (Å²) in [6.07, 6.45) is 7.99. The average molecular weight is 310 g/mol. The Kier molecular flexibility index (Phi) is 4.85. The third-order valence-corrected chi connectivity index (χ3v) is 5.72. The topological polar surface area (TPSA) is 12.0 Å². The van der Waals surface area contributed by atoms with Gasteiger partial charge in [0.25, 0.3) is 0 Å². The minimum absolute atomic E-state index is 0.239. The lowest BCUT2D eigenvalue weighted by Gasteiger charge is -2.27. The molecule has 2 aliphatic carbocycles. The van der Waals surface area contributed by atoms with Crippen LogP contribution >= 0.6 is 11.6 Å². The Morgan fingerprint density at radius 3 is 2.81 bits per heavy atom. The molecule has 2 bridgehead atoms. The maximum atomic E-state index is 13.3. The molecule has 2 fully saturated rings. The smallest absolute Gasteiger partial charge is 0.141 e. The Labute approximate surface area is 132 Å². The maximum absolute atomic E-state index is 13.3. The average Bonchev–Trinajstić information content (AvgIpc) is 3.05.